The van der Waals surface area contributed by atoms with Gasteiger partial charge in [-0.3, -0.25) is 9.88 Å². The van der Waals surface area contributed by atoms with Gasteiger partial charge in [0.05, 0.1) is 22.9 Å². The summed E-state index contributed by atoms with van der Waals surface area (Å²) in [5, 5.41) is 0. The Morgan fingerprint density at radius 1 is 1.33 bits per heavy atom. The lowest BCUT2D eigenvalue weighted by molar-refractivity contribution is 0.0857. The van der Waals surface area contributed by atoms with Crippen molar-refractivity contribution in [3.8, 4) is 0 Å². The SMILES string of the molecule is CN1CCC[C@@H]1c1cc2ncc(N)cc2n1COCC[Si](C)(C)C. The minimum Gasteiger partial charge on any atom is -0.397 e. The minimum atomic E-state index is -1.07. The predicted octanol–water partition coefficient (Wildman–Crippen LogP) is 3.70. The maximum absolute atomic E-state index is 6.05. The van der Waals surface area contributed by atoms with Crippen LogP contribution in [0.4, 0.5) is 5.69 Å². The first-order valence-electron chi connectivity index (χ1n) is 8.88. The van der Waals surface area contributed by atoms with Crippen molar-refractivity contribution < 1.29 is 4.74 Å². The van der Waals surface area contributed by atoms with Crippen molar-refractivity contribution in [2.75, 3.05) is 25.9 Å². The van der Waals surface area contributed by atoms with Crippen molar-refractivity contribution in [1.29, 1.82) is 0 Å². The quantitative estimate of drug-likeness (QED) is 0.640. The molecule has 1 saturated heterocycles. The third-order valence-corrected chi connectivity index (χ3v) is 6.59. The van der Waals surface area contributed by atoms with Gasteiger partial charge in [-0.15, -0.1) is 0 Å². The molecular formula is C18H30N4OSi. The van der Waals surface area contributed by atoms with Crippen LogP contribution < -0.4 is 5.73 Å². The standard InChI is InChI=1S/C18H30N4OSi/c1-21-7-5-6-16(21)18-11-15-17(10-14(19)12-20-15)22(18)13-23-8-9-24(2,3)4/h10-12,16H,5-9,13,19H2,1-4H3/t16-/m1/s1. The summed E-state index contributed by atoms with van der Waals surface area (Å²) >= 11 is 0. The molecule has 1 aliphatic heterocycles. The Labute approximate surface area is 145 Å². The molecule has 5 nitrogen and oxygen atoms in total. The molecule has 24 heavy (non-hydrogen) atoms. The van der Waals surface area contributed by atoms with Crippen LogP contribution in [0.15, 0.2) is 18.3 Å². The topological polar surface area (TPSA) is 56.3 Å². The van der Waals surface area contributed by atoms with Crippen LogP contribution in [0.5, 0.6) is 0 Å². The molecular weight excluding hydrogens is 316 g/mol. The number of rotatable bonds is 6. The van der Waals surface area contributed by atoms with Crippen LogP contribution >= 0.6 is 0 Å². The Kier molecular flexibility index (Phi) is 4.99. The van der Waals surface area contributed by atoms with Crippen molar-refractivity contribution in [2.45, 2.75) is 51.3 Å². The third-order valence-electron chi connectivity index (χ3n) is 4.88. The normalized spacial score (nSPS) is 19.4. The van der Waals surface area contributed by atoms with Crippen molar-refractivity contribution in [3.05, 3.63) is 24.0 Å². The van der Waals surface area contributed by atoms with E-state index in [9.17, 15) is 0 Å². The fourth-order valence-electron chi connectivity index (χ4n) is 3.40. The maximum atomic E-state index is 6.05. The molecule has 0 unspecified atom stereocenters. The molecule has 3 heterocycles. The predicted molar refractivity (Wildman–Crippen MR) is 103 cm³/mol. The number of nitrogen functional groups attached to an aromatic ring is 1. The number of nitrogens with zero attached hydrogens (tertiary/aromatic N) is 3. The fourth-order valence-corrected chi connectivity index (χ4v) is 4.16. The van der Waals surface area contributed by atoms with E-state index in [2.05, 4.69) is 47.2 Å². The maximum Gasteiger partial charge on any atom is 0.123 e. The zero-order valence-corrected chi connectivity index (χ0v) is 16.4. The fraction of sp³-hybridized carbons (Fsp3) is 0.611. The number of ether oxygens (including phenoxy) is 1. The van der Waals surface area contributed by atoms with Gasteiger partial charge in [-0.2, -0.15) is 0 Å². The number of aromatic nitrogens is 2. The van der Waals surface area contributed by atoms with Crippen molar-refractivity contribution >= 4 is 24.8 Å². The van der Waals surface area contributed by atoms with Crippen LogP contribution in [0, 0.1) is 0 Å². The molecule has 0 bridgehead atoms. The number of hydrogen-bond donors (Lipinski definition) is 1. The second kappa shape index (κ2) is 6.86. The smallest absolute Gasteiger partial charge is 0.123 e. The van der Waals surface area contributed by atoms with E-state index in [0.29, 0.717) is 18.5 Å². The lowest BCUT2D eigenvalue weighted by Crippen LogP contribution is -2.23. The van der Waals surface area contributed by atoms with Crippen molar-refractivity contribution in [3.63, 3.8) is 0 Å². The van der Waals surface area contributed by atoms with Crippen LogP contribution in [0.3, 0.4) is 0 Å². The molecule has 0 aliphatic carbocycles. The molecule has 0 radical (unpaired) electrons. The second-order valence-electron chi connectivity index (χ2n) is 8.16. The average Bonchev–Trinajstić information content (AvgIpc) is 3.06. The first-order chi connectivity index (χ1) is 11.3. The zero-order chi connectivity index (χ0) is 17.3. The molecule has 1 aliphatic rings. The Balaban J connectivity index is 1.86. The third kappa shape index (κ3) is 3.82. The summed E-state index contributed by atoms with van der Waals surface area (Å²) in [6.07, 6.45) is 4.17. The highest BCUT2D eigenvalue weighted by atomic mass is 28.3. The van der Waals surface area contributed by atoms with Crippen molar-refractivity contribution in [2.24, 2.45) is 0 Å². The molecule has 132 valence electrons. The minimum absolute atomic E-state index is 0.445. The lowest BCUT2D eigenvalue weighted by Gasteiger charge is -2.22. The highest BCUT2D eigenvalue weighted by Crippen LogP contribution is 2.34. The Bertz CT molecular complexity index is 707. The number of anilines is 1. The summed E-state index contributed by atoms with van der Waals surface area (Å²) < 4.78 is 8.32. The summed E-state index contributed by atoms with van der Waals surface area (Å²) in [5.74, 6) is 0. The summed E-state index contributed by atoms with van der Waals surface area (Å²) in [6.45, 7) is 9.70. The van der Waals surface area contributed by atoms with E-state index in [1.807, 2.05) is 6.07 Å². The van der Waals surface area contributed by atoms with E-state index in [0.717, 1.165) is 24.2 Å². The molecule has 2 aromatic heterocycles. The zero-order valence-electron chi connectivity index (χ0n) is 15.4. The Morgan fingerprint density at radius 2 is 2.12 bits per heavy atom. The summed E-state index contributed by atoms with van der Waals surface area (Å²) in [5.41, 5.74) is 10.1. The molecule has 0 spiro atoms. The van der Waals surface area contributed by atoms with Crippen LogP contribution in [0.1, 0.15) is 24.6 Å². The molecule has 2 N–H and O–H groups in total. The highest BCUT2D eigenvalue weighted by Gasteiger charge is 2.27. The largest absolute Gasteiger partial charge is 0.397 e. The molecule has 0 aromatic carbocycles. The van der Waals surface area contributed by atoms with Gasteiger partial charge in [0.1, 0.15) is 6.73 Å². The first kappa shape index (κ1) is 17.4. The van der Waals surface area contributed by atoms with Gasteiger partial charge in [0.25, 0.3) is 0 Å². The van der Waals surface area contributed by atoms with Crippen LogP contribution in [-0.4, -0.2) is 42.7 Å². The highest BCUT2D eigenvalue weighted by molar-refractivity contribution is 6.76. The van der Waals surface area contributed by atoms with Gasteiger partial charge in [-0.25, -0.2) is 0 Å². The first-order valence-corrected chi connectivity index (χ1v) is 12.6. The molecule has 0 amide bonds. The van der Waals surface area contributed by atoms with Gasteiger partial charge in [-0.1, -0.05) is 19.6 Å². The Morgan fingerprint density at radius 3 is 2.79 bits per heavy atom. The summed E-state index contributed by atoms with van der Waals surface area (Å²) in [7, 11) is 1.13. The van der Waals surface area contributed by atoms with Crippen molar-refractivity contribution in [1.82, 2.24) is 14.5 Å². The van der Waals surface area contributed by atoms with Gasteiger partial charge in [0, 0.05) is 26.4 Å². The molecule has 6 heteroatoms. The Hall–Kier alpha value is -1.37. The average molecular weight is 347 g/mol. The van der Waals surface area contributed by atoms with Gasteiger partial charge < -0.3 is 15.0 Å². The van der Waals surface area contributed by atoms with E-state index in [-0.39, 0.29) is 0 Å². The van der Waals surface area contributed by atoms with E-state index < -0.39 is 8.07 Å². The van der Waals surface area contributed by atoms with Gasteiger partial charge in [0.2, 0.25) is 0 Å². The van der Waals surface area contributed by atoms with E-state index in [1.54, 1.807) is 6.20 Å². The number of likely N-dealkylation sites (tertiary alicyclic amines) is 1. The van der Waals surface area contributed by atoms with Crippen LogP contribution in [0.2, 0.25) is 25.7 Å². The summed E-state index contributed by atoms with van der Waals surface area (Å²) in [4.78, 5) is 6.94. The van der Waals surface area contributed by atoms with Gasteiger partial charge in [0.15, 0.2) is 0 Å². The van der Waals surface area contributed by atoms with E-state index >= 15 is 0 Å². The van der Waals surface area contributed by atoms with Crippen LogP contribution in [0.25, 0.3) is 11.0 Å². The number of hydrogen-bond acceptors (Lipinski definition) is 4. The molecule has 1 atom stereocenters. The molecule has 3 rings (SSSR count). The molecule has 1 fully saturated rings. The number of nitrogens with two attached hydrogens (primary N) is 1. The van der Waals surface area contributed by atoms with Gasteiger partial charge >= 0.3 is 0 Å². The number of pyridine rings is 1. The lowest BCUT2D eigenvalue weighted by atomic mass is 10.1. The molecule has 2 aromatic rings. The van der Waals surface area contributed by atoms with E-state index in [4.69, 9.17) is 10.5 Å². The van der Waals surface area contributed by atoms with E-state index in [1.165, 1.54) is 24.6 Å². The number of fused-ring (bicyclic) bond motifs is 1. The van der Waals surface area contributed by atoms with Crippen LogP contribution in [-0.2, 0) is 11.5 Å². The van der Waals surface area contributed by atoms with Gasteiger partial charge in [-0.05, 0) is 44.6 Å². The molecule has 0 saturated carbocycles. The monoisotopic (exact) mass is 346 g/mol. The summed E-state index contributed by atoms with van der Waals surface area (Å²) in [6, 6.07) is 5.86. The second-order valence-corrected chi connectivity index (χ2v) is 13.8.